The molecule has 1 fully saturated rings. The van der Waals surface area contributed by atoms with Crippen LogP contribution < -0.4 is 5.32 Å². The number of aryl methyl sites for hydroxylation is 4. The fraction of sp³-hybridized carbons (Fsp3) is 0.565. The maximum absolute atomic E-state index is 13.4. The van der Waals surface area contributed by atoms with Crippen molar-refractivity contribution in [3.8, 4) is 0 Å². The molecule has 7 nitrogen and oxygen atoms in total. The van der Waals surface area contributed by atoms with Gasteiger partial charge in [0.2, 0.25) is 0 Å². The molecule has 0 radical (unpaired) electrons. The molecule has 3 aromatic rings. The zero-order chi connectivity index (χ0) is 21.4. The number of rotatable bonds is 8. The highest BCUT2D eigenvalue weighted by Crippen LogP contribution is 2.40. The topological polar surface area (TPSA) is 77.6 Å². The van der Waals surface area contributed by atoms with Crippen molar-refractivity contribution in [2.24, 2.45) is 0 Å². The van der Waals surface area contributed by atoms with E-state index in [2.05, 4.69) is 24.3 Å². The summed E-state index contributed by atoms with van der Waals surface area (Å²) in [5, 5.41) is 13.3. The number of amides is 1. The summed E-state index contributed by atoms with van der Waals surface area (Å²) < 4.78 is 3.89. The molecule has 0 bridgehead atoms. The Kier molecular flexibility index (Phi) is 5.62. The first-order valence-corrected chi connectivity index (χ1v) is 11.2. The number of fused-ring (bicyclic) bond motifs is 1. The van der Waals surface area contributed by atoms with Gasteiger partial charge < -0.3 is 5.32 Å². The lowest BCUT2D eigenvalue weighted by molar-refractivity contribution is 0.0941. The third-order valence-electron chi connectivity index (χ3n) is 5.98. The van der Waals surface area contributed by atoms with E-state index in [1.165, 1.54) is 0 Å². The van der Waals surface area contributed by atoms with Crippen molar-refractivity contribution < 1.29 is 4.79 Å². The van der Waals surface area contributed by atoms with Crippen LogP contribution in [0.1, 0.15) is 91.4 Å². The van der Waals surface area contributed by atoms with Gasteiger partial charge in [0.05, 0.1) is 28.4 Å². The first-order valence-electron chi connectivity index (χ1n) is 11.2. The molecule has 1 atom stereocenters. The van der Waals surface area contributed by atoms with Crippen LogP contribution in [0.15, 0.2) is 12.3 Å². The minimum Gasteiger partial charge on any atom is -0.345 e. The lowest BCUT2D eigenvalue weighted by Gasteiger charge is -2.15. The average molecular weight is 409 g/mol. The Balaban J connectivity index is 1.70. The van der Waals surface area contributed by atoms with Gasteiger partial charge in [-0.25, -0.2) is 9.67 Å². The number of aromatic nitrogens is 5. The lowest BCUT2D eigenvalue weighted by atomic mass is 10.1. The zero-order valence-electron chi connectivity index (χ0n) is 18.7. The lowest BCUT2D eigenvalue weighted by Crippen LogP contribution is -2.27. The monoisotopic (exact) mass is 408 g/mol. The molecule has 7 heteroatoms. The van der Waals surface area contributed by atoms with Gasteiger partial charge in [0.1, 0.15) is 0 Å². The number of nitrogens with zero attached hydrogens (tertiary/aromatic N) is 5. The molecule has 1 aliphatic carbocycles. The van der Waals surface area contributed by atoms with Gasteiger partial charge in [-0.15, -0.1) is 0 Å². The first kappa shape index (κ1) is 20.6. The van der Waals surface area contributed by atoms with Crippen molar-refractivity contribution in [1.29, 1.82) is 0 Å². The minimum atomic E-state index is -0.124. The summed E-state index contributed by atoms with van der Waals surface area (Å²) in [5.74, 6) is 0.400. The standard InChI is InChI=1S/C23H32N6O/c1-6-8-11-29-22-21(16(5)27-29)18(12-20(25-22)17-9-10-17)23(30)24-14(3)19-13-28(7-2)26-15(19)4/h12-14,17H,6-11H2,1-5H3,(H,24,30)/t14-/m1/s1. The molecule has 4 rings (SSSR count). The van der Waals surface area contributed by atoms with Gasteiger partial charge in [0.25, 0.3) is 5.91 Å². The quantitative estimate of drug-likeness (QED) is 0.598. The molecular weight excluding hydrogens is 376 g/mol. The van der Waals surface area contributed by atoms with Crippen molar-refractivity contribution in [3.05, 3.63) is 40.5 Å². The Morgan fingerprint density at radius 3 is 2.63 bits per heavy atom. The molecule has 0 spiro atoms. The van der Waals surface area contributed by atoms with E-state index in [-0.39, 0.29) is 11.9 Å². The Hall–Kier alpha value is -2.70. The number of hydrogen-bond acceptors (Lipinski definition) is 4. The second-order valence-electron chi connectivity index (χ2n) is 8.45. The van der Waals surface area contributed by atoms with Crippen LogP contribution in [0, 0.1) is 13.8 Å². The molecular formula is C23H32N6O. The third-order valence-corrected chi connectivity index (χ3v) is 5.98. The fourth-order valence-electron chi connectivity index (χ4n) is 4.08. The number of carbonyl (C=O) groups is 1. The highest BCUT2D eigenvalue weighted by Gasteiger charge is 2.29. The molecule has 1 aliphatic rings. The molecule has 0 aliphatic heterocycles. The summed E-state index contributed by atoms with van der Waals surface area (Å²) >= 11 is 0. The van der Waals surface area contributed by atoms with Gasteiger partial charge in [-0.3, -0.25) is 9.48 Å². The first-order chi connectivity index (χ1) is 14.4. The average Bonchev–Trinajstić information content (AvgIpc) is 3.44. The van der Waals surface area contributed by atoms with Crippen LogP contribution in [-0.4, -0.2) is 30.5 Å². The molecule has 1 saturated carbocycles. The normalized spacial score (nSPS) is 15.0. The molecule has 30 heavy (non-hydrogen) atoms. The van der Waals surface area contributed by atoms with Gasteiger partial charge in [-0.2, -0.15) is 10.2 Å². The number of carbonyl (C=O) groups excluding carboxylic acids is 1. The Labute approximate surface area is 177 Å². The number of hydrogen-bond donors (Lipinski definition) is 1. The molecule has 1 amide bonds. The van der Waals surface area contributed by atoms with E-state index in [1.54, 1.807) is 0 Å². The van der Waals surface area contributed by atoms with Gasteiger partial charge in [-0.1, -0.05) is 13.3 Å². The predicted octanol–water partition coefficient (Wildman–Crippen LogP) is 4.43. The predicted molar refractivity (Wildman–Crippen MR) is 118 cm³/mol. The second-order valence-corrected chi connectivity index (χ2v) is 8.45. The number of unbranched alkanes of at least 4 members (excludes halogenated alkanes) is 1. The van der Waals surface area contributed by atoms with Crippen LogP contribution >= 0.6 is 0 Å². The van der Waals surface area contributed by atoms with Gasteiger partial charge in [0.15, 0.2) is 5.65 Å². The molecule has 0 saturated heterocycles. The summed E-state index contributed by atoms with van der Waals surface area (Å²) in [7, 11) is 0. The highest BCUT2D eigenvalue weighted by atomic mass is 16.1. The smallest absolute Gasteiger partial charge is 0.252 e. The van der Waals surface area contributed by atoms with Crippen molar-refractivity contribution in [2.45, 2.75) is 85.4 Å². The van der Waals surface area contributed by atoms with E-state index < -0.39 is 0 Å². The molecule has 1 N–H and O–H groups in total. The zero-order valence-corrected chi connectivity index (χ0v) is 18.7. The number of nitrogens with one attached hydrogen (secondary N) is 1. The summed E-state index contributed by atoms with van der Waals surface area (Å²) in [4.78, 5) is 18.3. The second kappa shape index (κ2) is 8.20. The van der Waals surface area contributed by atoms with E-state index >= 15 is 0 Å². The molecule has 160 valence electrons. The van der Waals surface area contributed by atoms with E-state index in [0.717, 1.165) is 72.5 Å². The fourth-order valence-corrected chi connectivity index (χ4v) is 4.08. The molecule has 3 heterocycles. The maximum Gasteiger partial charge on any atom is 0.252 e. The Morgan fingerprint density at radius 2 is 2.00 bits per heavy atom. The van der Waals surface area contributed by atoms with Gasteiger partial charge in [-0.05, 0) is 53.0 Å². The van der Waals surface area contributed by atoms with E-state index in [4.69, 9.17) is 10.1 Å². The van der Waals surface area contributed by atoms with Gasteiger partial charge >= 0.3 is 0 Å². The van der Waals surface area contributed by atoms with E-state index in [0.29, 0.717) is 11.5 Å². The van der Waals surface area contributed by atoms with Crippen molar-refractivity contribution in [3.63, 3.8) is 0 Å². The summed E-state index contributed by atoms with van der Waals surface area (Å²) in [6.07, 6.45) is 6.45. The minimum absolute atomic E-state index is 0.0708. The van der Waals surface area contributed by atoms with Crippen LogP contribution in [0.5, 0.6) is 0 Å². The van der Waals surface area contributed by atoms with Crippen LogP contribution in [0.4, 0.5) is 0 Å². The van der Waals surface area contributed by atoms with Crippen LogP contribution in [0.3, 0.4) is 0 Å². The van der Waals surface area contributed by atoms with Crippen LogP contribution in [0.25, 0.3) is 11.0 Å². The molecule has 0 unspecified atom stereocenters. The SMILES string of the molecule is CCCCn1nc(C)c2c(C(=O)N[C@H](C)c3cn(CC)nc3C)cc(C3CC3)nc21. The van der Waals surface area contributed by atoms with Crippen molar-refractivity contribution in [2.75, 3.05) is 0 Å². The Morgan fingerprint density at radius 1 is 1.23 bits per heavy atom. The summed E-state index contributed by atoms with van der Waals surface area (Å²) in [6.45, 7) is 11.8. The van der Waals surface area contributed by atoms with E-state index in [9.17, 15) is 4.79 Å². The van der Waals surface area contributed by atoms with Crippen molar-refractivity contribution in [1.82, 2.24) is 29.9 Å². The van der Waals surface area contributed by atoms with E-state index in [1.807, 2.05) is 42.4 Å². The maximum atomic E-state index is 13.4. The van der Waals surface area contributed by atoms with Crippen LogP contribution in [0.2, 0.25) is 0 Å². The highest BCUT2D eigenvalue weighted by molar-refractivity contribution is 6.06. The number of pyridine rings is 1. The summed E-state index contributed by atoms with van der Waals surface area (Å²) in [6, 6.07) is 1.87. The van der Waals surface area contributed by atoms with Crippen molar-refractivity contribution >= 4 is 16.9 Å². The molecule has 3 aromatic heterocycles. The van der Waals surface area contributed by atoms with Crippen LogP contribution in [-0.2, 0) is 13.1 Å². The molecule has 0 aromatic carbocycles. The van der Waals surface area contributed by atoms with Gasteiger partial charge in [0, 0.05) is 36.5 Å². The summed E-state index contributed by atoms with van der Waals surface area (Å²) in [5.41, 5.74) is 5.42. The largest absolute Gasteiger partial charge is 0.345 e. The third kappa shape index (κ3) is 3.85. The Bertz CT molecular complexity index is 1080.